The van der Waals surface area contributed by atoms with Gasteiger partial charge in [-0.1, -0.05) is 12.1 Å². The maximum absolute atomic E-state index is 5.27. The predicted octanol–water partition coefficient (Wildman–Crippen LogP) is 2.52. The molecule has 120 valence electrons. The highest BCUT2D eigenvalue weighted by Gasteiger charge is 2.09. The quantitative estimate of drug-likeness (QED) is 0.781. The molecule has 0 saturated carbocycles. The normalized spacial score (nSPS) is 13.8. The first-order valence-corrected chi connectivity index (χ1v) is 7.44. The van der Waals surface area contributed by atoms with Gasteiger partial charge < -0.3 is 20.1 Å². The van der Waals surface area contributed by atoms with E-state index in [-0.39, 0.29) is 12.2 Å². The van der Waals surface area contributed by atoms with Gasteiger partial charge in [0, 0.05) is 32.7 Å². The largest absolute Gasteiger partial charge is 0.380 e. The zero-order chi connectivity index (χ0) is 15.9. The average molecular weight is 304 g/mol. The topological polar surface area (TPSA) is 68.3 Å². The van der Waals surface area contributed by atoms with Gasteiger partial charge in [-0.15, -0.1) is 0 Å². The van der Waals surface area contributed by atoms with Gasteiger partial charge >= 0.3 is 0 Å². The smallest absolute Gasteiger partial charge is 0.225 e. The van der Waals surface area contributed by atoms with Gasteiger partial charge in [0.2, 0.25) is 5.95 Å². The number of rotatable bonds is 8. The summed E-state index contributed by atoms with van der Waals surface area (Å²) in [6, 6.07) is 7.94. The summed E-state index contributed by atoms with van der Waals surface area (Å²) in [7, 11) is 3.39. The first-order valence-electron chi connectivity index (χ1n) is 7.44. The third-order valence-corrected chi connectivity index (χ3v) is 3.51. The van der Waals surface area contributed by atoms with Crippen molar-refractivity contribution < 1.29 is 9.47 Å². The Kier molecular flexibility index (Phi) is 5.91. The van der Waals surface area contributed by atoms with E-state index in [0.717, 1.165) is 16.7 Å². The molecule has 22 heavy (non-hydrogen) atoms. The molecule has 1 heterocycles. The van der Waals surface area contributed by atoms with Crippen LogP contribution in [0.15, 0.2) is 24.3 Å². The minimum atomic E-state index is 0.0972. The number of nitrogens with one attached hydrogen (secondary N) is 2. The molecule has 1 aromatic carbocycles. The molecule has 2 atom stereocenters. The van der Waals surface area contributed by atoms with Crippen molar-refractivity contribution in [3.05, 3.63) is 24.3 Å². The van der Waals surface area contributed by atoms with Crippen LogP contribution >= 0.6 is 0 Å². The number of ether oxygens (including phenoxy) is 2. The van der Waals surface area contributed by atoms with E-state index >= 15 is 0 Å². The first kappa shape index (κ1) is 16.5. The summed E-state index contributed by atoms with van der Waals surface area (Å²) in [6.07, 6.45) is 0.207. The molecule has 0 fully saturated rings. The Bertz CT molecular complexity index is 606. The van der Waals surface area contributed by atoms with E-state index in [4.69, 9.17) is 9.47 Å². The highest BCUT2D eigenvalue weighted by atomic mass is 16.5. The summed E-state index contributed by atoms with van der Waals surface area (Å²) in [5.74, 6) is 1.40. The summed E-state index contributed by atoms with van der Waals surface area (Å²) in [5.41, 5.74) is 0.901. The highest BCUT2D eigenvalue weighted by molar-refractivity contribution is 5.90. The summed E-state index contributed by atoms with van der Waals surface area (Å²) in [4.78, 5) is 9.11. The van der Waals surface area contributed by atoms with Crippen LogP contribution in [0, 0.1) is 0 Å². The molecule has 2 N–H and O–H groups in total. The second-order valence-electron chi connectivity index (χ2n) is 5.27. The van der Waals surface area contributed by atoms with Gasteiger partial charge in [0.15, 0.2) is 0 Å². The van der Waals surface area contributed by atoms with Crippen molar-refractivity contribution in [1.82, 2.24) is 9.97 Å². The fourth-order valence-corrected chi connectivity index (χ4v) is 1.93. The molecule has 1 aromatic heterocycles. The molecule has 6 heteroatoms. The second-order valence-corrected chi connectivity index (χ2v) is 5.27. The lowest BCUT2D eigenvalue weighted by atomic mass is 10.2. The fraction of sp³-hybridized carbons (Fsp3) is 0.500. The molecule has 0 bridgehead atoms. The molecule has 2 aromatic rings. The molecule has 0 saturated heterocycles. The lowest BCUT2D eigenvalue weighted by molar-refractivity contribution is 0.128. The second kappa shape index (κ2) is 7.91. The van der Waals surface area contributed by atoms with Gasteiger partial charge in [0.05, 0.1) is 17.7 Å². The van der Waals surface area contributed by atoms with Gasteiger partial charge in [-0.2, -0.15) is 4.98 Å². The molecule has 2 rings (SSSR count). The van der Waals surface area contributed by atoms with Crippen LogP contribution in [0.25, 0.3) is 10.9 Å². The number of para-hydroxylation sites is 1. The third-order valence-electron chi connectivity index (χ3n) is 3.51. The molecule has 0 aliphatic carbocycles. The highest BCUT2D eigenvalue weighted by Crippen LogP contribution is 2.21. The van der Waals surface area contributed by atoms with E-state index in [1.807, 2.05) is 38.1 Å². The minimum absolute atomic E-state index is 0.0972. The Morgan fingerprint density at radius 2 is 1.59 bits per heavy atom. The summed E-state index contributed by atoms with van der Waals surface area (Å²) >= 11 is 0. The van der Waals surface area contributed by atoms with Gasteiger partial charge in [-0.05, 0) is 26.0 Å². The average Bonchev–Trinajstić information content (AvgIpc) is 2.56. The predicted molar refractivity (Wildman–Crippen MR) is 89.5 cm³/mol. The van der Waals surface area contributed by atoms with Gasteiger partial charge in [0.25, 0.3) is 0 Å². The van der Waals surface area contributed by atoms with Crippen LogP contribution in [0.5, 0.6) is 0 Å². The van der Waals surface area contributed by atoms with Crippen molar-refractivity contribution in [3.63, 3.8) is 0 Å². The molecule has 2 unspecified atom stereocenters. The number of anilines is 2. The Morgan fingerprint density at radius 3 is 2.27 bits per heavy atom. The van der Waals surface area contributed by atoms with Gasteiger partial charge in [-0.25, -0.2) is 4.98 Å². The van der Waals surface area contributed by atoms with Crippen molar-refractivity contribution in [2.24, 2.45) is 0 Å². The number of hydrogen-bond acceptors (Lipinski definition) is 6. The third kappa shape index (κ3) is 4.29. The van der Waals surface area contributed by atoms with Gasteiger partial charge in [0.1, 0.15) is 5.82 Å². The molecule has 0 aliphatic rings. The molecule has 0 aliphatic heterocycles. The van der Waals surface area contributed by atoms with Crippen molar-refractivity contribution in [2.45, 2.75) is 26.1 Å². The summed E-state index contributed by atoms with van der Waals surface area (Å²) in [6.45, 7) is 5.34. The molecular formula is C16H24N4O2. The summed E-state index contributed by atoms with van der Waals surface area (Å²) < 4.78 is 10.5. The number of fused-ring (bicyclic) bond motifs is 1. The Hall–Kier alpha value is -1.92. The van der Waals surface area contributed by atoms with Crippen LogP contribution in [0.4, 0.5) is 11.8 Å². The number of hydrogen-bond donors (Lipinski definition) is 2. The number of aromatic nitrogens is 2. The Morgan fingerprint density at radius 1 is 0.955 bits per heavy atom. The molecule has 0 radical (unpaired) electrons. The number of methoxy groups -OCH3 is 2. The van der Waals surface area contributed by atoms with Crippen LogP contribution in [0.3, 0.4) is 0 Å². The maximum Gasteiger partial charge on any atom is 0.225 e. The lowest BCUT2D eigenvalue weighted by Crippen LogP contribution is -2.21. The summed E-state index contributed by atoms with van der Waals surface area (Å²) in [5, 5.41) is 7.54. The zero-order valence-corrected chi connectivity index (χ0v) is 13.6. The van der Waals surface area contributed by atoms with Gasteiger partial charge in [-0.3, -0.25) is 0 Å². The monoisotopic (exact) mass is 304 g/mol. The van der Waals surface area contributed by atoms with Crippen LogP contribution < -0.4 is 10.6 Å². The Balaban J connectivity index is 2.23. The fourth-order valence-electron chi connectivity index (χ4n) is 1.93. The van der Waals surface area contributed by atoms with E-state index in [0.29, 0.717) is 19.0 Å². The van der Waals surface area contributed by atoms with E-state index in [1.165, 1.54) is 0 Å². The van der Waals surface area contributed by atoms with E-state index in [2.05, 4.69) is 20.6 Å². The standard InChI is InChI=1S/C16H24N4O2/c1-11(21-3)9-17-15-13-7-5-6-8-14(13)19-16(20-15)18-10-12(2)22-4/h5-8,11-12H,9-10H2,1-4H3,(H2,17,18,19,20). The minimum Gasteiger partial charge on any atom is -0.380 e. The molecular weight excluding hydrogens is 280 g/mol. The number of nitrogens with zero attached hydrogens (tertiary/aromatic N) is 2. The van der Waals surface area contributed by atoms with Crippen LogP contribution in [0.2, 0.25) is 0 Å². The van der Waals surface area contributed by atoms with E-state index in [1.54, 1.807) is 14.2 Å². The van der Waals surface area contributed by atoms with Crippen molar-refractivity contribution >= 4 is 22.7 Å². The number of benzene rings is 1. The van der Waals surface area contributed by atoms with E-state index < -0.39 is 0 Å². The molecule has 6 nitrogen and oxygen atoms in total. The van der Waals surface area contributed by atoms with Crippen molar-refractivity contribution in [3.8, 4) is 0 Å². The maximum atomic E-state index is 5.27. The van der Waals surface area contributed by atoms with Crippen LogP contribution in [0.1, 0.15) is 13.8 Å². The van der Waals surface area contributed by atoms with Crippen LogP contribution in [-0.2, 0) is 9.47 Å². The van der Waals surface area contributed by atoms with Crippen LogP contribution in [-0.4, -0.2) is 49.5 Å². The van der Waals surface area contributed by atoms with Crippen molar-refractivity contribution in [2.75, 3.05) is 37.9 Å². The zero-order valence-electron chi connectivity index (χ0n) is 13.6. The molecule has 0 amide bonds. The lowest BCUT2D eigenvalue weighted by Gasteiger charge is -2.15. The van der Waals surface area contributed by atoms with E-state index in [9.17, 15) is 0 Å². The molecule has 0 spiro atoms. The van der Waals surface area contributed by atoms with Crippen molar-refractivity contribution in [1.29, 1.82) is 0 Å². The SMILES string of the molecule is COC(C)CNc1nc(NCC(C)OC)c2ccccc2n1. The first-order chi connectivity index (χ1) is 10.6. The Labute approximate surface area is 131 Å².